The minimum absolute atomic E-state index is 0.369. The standard InChI is InChI=1S/C13H17N/c1-3-5-11-13(14-4-2)12-9-7-6-8-10-12/h6-10,13-14H,4,11H2,1-2H3. The molecule has 1 heteroatoms. The highest BCUT2D eigenvalue weighted by atomic mass is 14.9. The molecule has 0 aliphatic heterocycles. The third-order valence-corrected chi connectivity index (χ3v) is 2.14. The summed E-state index contributed by atoms with van der Waals surface area (Å²) in [6, 6.07) is 10.8. The van der Waals surface area contributed by atoms with Crippen LogP contribution in [0.3, 0.4) is 0 Å². The molecular formula is C13H17N. The quantitative estimate of drug-likeness (QED) is 0.715. The van der Waals surface area contributed by atoms with Crippen LogP contribution in [0.2, 0.25) is 0 Å². The van der Waals surface area contributed by atoms with Crippen molar-refractivity contribution in [3.63, 3.8) is 0 Å². The molecule has 1 rings (SSSR count). The average molecular weight is 187 g/mol. The van der Waals surface area contributed by atoms with Crippen LogP contribution in [-0.4, -0.2) is 6.54 Å². The van der Waals surface area contributed by atoms with Gasteiger partial charge in [-0.25, -0.2) is 0 Å². The lowest BCUT2D eigenvalue weighted by Crippen LogP contribution is -2.20. The molecule has 0 bridgehead atoms. The van der Waals surface area contributed by atoms with Crippen molar-refractivity contribution in [3.8, 4) is 11.8 Å². The summed E-state index contributed by atoms with van der Waals surface area (Å²) in [5.41, 5.74) is 1.32. The zero-order valence-corrected chi connectivity index (χ0v) is 8.88. The molecule has 1 aromatic rings. The van der Waals surface area contributed by atoms with Gasteiger partial charge in [0.15, 0.2) is 0 Å². The molecule has 0 radical (unpaired) electrons. The van der Waals surface area contributed by atoms with Gasteiger partial charge in [0.2, 0.25) is 0 Å². The highest BCUT2D eigenvalue weighted by molar-refractivity contribution is 5.20. The zero-order chi connectivity index (χ0) is 10.2. The molecule has 1 unspecified atom stereocenters. The molecule has 1 N–H and O–H groups in total. The van der Waals surface area contributed by atoms with Crippen molar-refractivity contribution in [1.29, 1.82) is 0 Å². The maximum atomic E-state index is 3.43. The van der Waals surface area contributed by atoms with E-state index in [1.807, 2.05) is 13.0 Å². The van der Waals surface area contributed by atoms with Gasteiger partial charge in [0.1, 0.15) is 0 Å². The van der Waals surface area contributed by atoms with Crippen molar-refractivity contribution in [2.45, 2.75) is 26.3 Å². The van der Waals surface area contributed by atoms with Crippen LogP contribution in [0.5, 0.6) is 0 Å². The Hall–Kier alpha value is -1.26. The number of hydrogen-bond donors (Lipinski definition) is 1. The van der Waals surface area contributed by atoms with E-state index in [0.29, 0.717) is 6.04 Å². The number of benzene rings is 1. The van der Waals surface area contributed by atoms with E-state index in [-0.39, 0.29) is 0 Å². The number of nitrogens with one attached hydrogen (secondary N) is 1. The molecule has 74 valence electrons. The van der Waals surface area contributed by atoms with E-state index in [0.717, 1.165) is 13.0 Å². The smallest absolute Gasteiger partial charge is 0.0430 e. The van der Waals surface area contributed by atoms with E-state index in [2.05, 4.69) is 48.3 Å². The van der Waals surface area contributed by atoms with Gasteiger partial charge in [-0.15, -0.1) is 11.8 Å². The summed E-state index contributed by atoms with van der Waals surface area (Å²) < 4.78 is 0. The van der Waals surface area contributed by atoms with Crippen molar-refractivity contribution >= 4 is 0 Å². The fourth-order valence-corrected chi connectivity index (χ4v) is 1.44. The van der Waals surface area contributed by atoms with Crippen LogP contribution in [0.15, 0.2) is 30.3 Å². The second kappa shape index (κ2) is 6.23. The Bertz CT molecular complexity index is 305. The monoisotopic (exact) mass is 187 g/mol. The van der Waals surface area contributed by atoms with E-state index in [1.54, 1.807) is 0 Å². The van der Waals surface area contributed by atoms with E-state index >= 15 is 0 Å². The van der Waals surface area contributed by atoms with Gasteiger partial charge in [-0.05, 0) is 19.0 Å². The summed E-state index contributed by atoms with van der Waals surface area (Å²) >= 11 is 0. The fourth-order valence-electron chi connectivity index (χ4n) is 1.44. The lowest BCUT2D eigenvalue weighted by Gasteiger charge is -2.15. The predicted molar refractivity (Wildman–Crippen MR) is 60.9 cm³/mol. The van der Waals surface area contributed by atoms with Gasteiger partial charge in [0, 0.05) is 12.5 Å². The Kier molecular flexibility index (Phi) is 4.82. The molecule has 1 atom stereocenters. The third-order valence-electron chi connectivity index (χ3n) is 2.14. The van der Waals surface area contributed by atoms with Crippen LogP contribution in [0, 0.1) is 11.8 Å². The summed E-state index contributed by atoms with van der Waals surface area (Å²) in [6.45, 7) is 4.98. The van der Waals surface area contributed by atoms with Crippen molar-refractivity contribution in [1.82, 2.24) is 5.32 Å². The first-order valence-electron chi connectivity index (χ1n) is 5.06. The van der Waals surface area contributed by atoms with Crippen molar-refractivity contribution < 1.29 is 0 Å². The van der Waals surface area contributed by atoms with E-state index in [9.17, 15) is 0 Å². The molecule has 0 spiro atoms. The van der Waals surface area contributed by atoms with E-state index < -0.39 is 0 Å². The lowest BCUT2D eigenvalue weighted by atomic mass is 10.0. The van der Waals surface area contributed by atoms with Gasteiger partial charge >= 0.3 is 0 Å². The summed E-state index contributed by atoms with van der Waals surface area (Å²) in [4.78, 5) is 0. The summed E-state index contributed by atoms with van der Waals surface area (Å²) in [7, 11) is 0. The maximum absolute atomic E-state index is 3.43. The van der Waals surface area contributed by atoms with Gasteiger partial charge in [0.05, 0.1) is 0 Å². The number of hydrogen-bond acceptors (Lipinski definition) is 1. The molecule has 0 saturated heterocycles. The van der Waals surface area contributed by atoms with Crippen LogP contribution in [0.4, 0.5) is 0 Å². The molecule has 0 saturated carbocycles. The van der Waals surface area contributed by atoms with Crippen molar-refractivity contribution in [3.05, 3.63) is 35.9 Å². The molecule has 14 heavy (non-hydrogen) atoms. The van der Waals surface area contributed by atoms with Gasteiger partial charge in [-0.1, -0.05) is 37.3 Å². The Morgan fingerprint density at radius 3 is 2.57 bits per heavy atom. The maximum Gasteiger partial charge on any atom is 0.0430 e. The number of rotatable bonds is 4. The molecule has 0 amide bonds. The van der Waals surface area contributed by atoms with E-state index in [4.69, 9.17) is 0 Å². The lowest BCUT2D eigenvalue weighted by molar-refractivity contribution is 0.565. The molecule has 1 aromatic carbocycles. The summed E-state index contributed by atoms with van der Waals surface area (Å²) in [5.74, 6) is 6.06. The van der Waals surface area contributed by atoms with Gasteiger partial charge < -0.3 is 5.32 Å². The van der Waals surface area contributed by atoms with Crippen LogP contribution in [-0.2, 0) is 0 Å². The first kappa shape index (κ1) is 10.8. The molecule has 0 heterocycles. The van der Waals surface area contributed by atoms with Crippen LogP contribution >= 0.6 is 0 Å². The molecule has 1 nitrogen and oxygen atoms in total. The minimum Gasteiger partial charge on any atom is -0.309 e. The Labute approximate surface area is 86.5 Å². The molecule has 0 aromatic heterocycles. The summed E-state index contributed by atoms with van der Waals surface area (Å²) in [6.07, 6.45) is 0.883. The molecule has 0 aliphatic carbocycles. The average Bonchev–Trinajstić information content (AvgIpc) is 2.25. The first-order valence-corrected chi connectivity index (χ1v) is 5.06. The highest BCUT2D eigenvalue weighted by Gasteiger charge is 2.06. The molecule has 0 aliphatic rings. The SMILES string of the molecule is CC#CCC(NCC)c1ccccc1. The Morgan fingerprint density at radius 2 is 2.00 bits per heavy atom. The van der Waals surface area contributed by atoms with Gasteiger partial charge in [-0.2, -0.15) is 0 Å². The van der Waals surface area contributed by atoms with Crippen LogP contribution < -0.4 is 5.32 Å². The predicted octanol–water partition coefficient (Wildman–Crippen LogP) is 2.75. The fraction of sp³-hybridized carbons (Fsp3) is 0.385. The minimum atomic E-state index is 0.369. The molecule has 0 fully saturated rings. The largest absolute Gasteiger partial charge is 0.309 e. The Balaban J connectivity index is 2.70. The highest BCUT2D eigenvalue weighted by Crippen LogP contribution is 2.15. The molecular weight excluding hydrogens is 170 g/mol. The Morgan fingerprint density at radius 1 is 1.29 bits per heavy atom. The van der Waals surface area contributed by atoms with Gasteiger partial charge in [0.25, 0.3) is 0 Å². The van der Waals surface area contributed by atoms with Gasteiger partial charge in [-0.3, -0.25) is 0 Å². The third kappa shape index (κ3) is 3.24. The topological polar surface area (TPSA) is 12.0 Å². The van der Waals surface area contributed by atoms with Crippen molar-refractivity contribution in [2.75, 3.05) is 6.54 Å². The van der Waals surface area contributed by atoms with Crippen LogP contribution in [0.1, 0.15) is 31.9 Å². The normalized spacial score (nSPS) is 11.6. The summed E-state index contributed by atoms with van der Waals surface area (Å²) in [5, 5.41) is 3.43. The first-order chi connectivity index (χ1) is 6.88. The zero-order valence-electron chi connectivity index (χ0n) is 8.88. The second-order valence-corrected chi connectivity index (χ2v) is 3.15. The second-order valence-electron chi connectivity index (χ2n) is 3.15. The van der Waals surface area contributed by atoms with Crippen LogP contribution in [0.25, 0.3) is 0 Å². The van der Waals surface area contributed by atoms with E-state index in [1.165, 1.54) is 5.56 Å². The van der Waals surface area contributed by atoms with Crippen molar-refractivity contribution in [2.24, 2.45) is 0 Å².